The van der Waals surface area contributed by atoms with E-state index in [1.807, 2.05) is 17.5 Å². The van der Waals surface area contributed by atoms with Crippen LogP contribution >= 0.6 is 11.3 Å². The van der Waals surface area contributed by atoms with E-state index in [4.69, 9.17) is 9.47 Å². The highest BCUT2D eigenvalue weighted by Gasteiger charge is 2.46. The quantitative estimate of drug-likeness (QED) is 0.357. The molecule has 32 heavy (non-hydrogen) atoms. The zero-order valence-corrected chi connectivity index (χ0v) is 17.7. The van der Waals surface area contributed by atoms with Crippen LogP contribution in [0.3, 0.4) is 0 Å². The number of nitrogens with zero attached hydrogens (tertiary/aromatic N) is 1. The van der Waals surface area contributed by atoms with Gasteiger partial charge in [0.05, 0.1) is 18.2 Å². The fourth-order valence-electron chi connectivity index (χ4n) is 3.96. The molecule has 3 aromatic rings. The molecule has 8 heteroatoms. The number of aliphatic hydroxyl groups is 1. The van der Waals surface area contributed by atoms with Gasteiger partial charge < -0.3 is 24.6 Å². The monoisotopic (exact) mass is 449 g/mol. The molecule has 0 aliphatic carbocycles. The Kier molecular flexibility index (Phi) is 5.07. The van der Waals surface area contributed by atoms with Crippen LogP contribution in [0, 0.1) is 0 Å². The SMILES string of the molecule is O=C1C(=O)N(Cc2cccs2)C(c2ccc(O)cc2)/C1=C(/O)c1ccc2c(c1)OCCO2. The summed E-state index contributed by atoms with van der Waals surface area (Å²) in [7, 11) is 0. The second-order valence-corrected chi connectivity index (χ2v) is 8.49. The number of ether oxygens (including phenoxy) is 2. The Morgan fingerprint density at radius 2 is 1.78 bits per heavy atom. The minimum Gasteiger partial charge on any atom is -0.508 e. The third-order valence-corrected chi connectivity index (χ3v) is 6.33. The van der Waals surface area contributed by atoms with Crippen molar-refractivity contribution >= 4 is 28.8 Å². The summed E-state index contributed by atoms with van der Waals surface area (Å²) in [5.41, 5.74) is 0.957. The van der Waals surface area contributed by atoms with Crippen LogP contribution in [0.25, 0.3) is 5.76 Å². The number of ketones is 1. The van der Waals surface area contributed by atoms with Crippen molar-refractivity contribution in [2.75, 3.05) is 13.2 Å². The van der Waals surface area contributed by atoms with Gasteiger partial charge >= 0.3 is 0 Å². The number of fused-ring (bicyclic) bond motifs is 1. The fourth-order valence-corrected chi connectivity index (χ4v) is 4.67. The maximum atomic E-state index is 13.1. The largest absolute Gasteiger partial charge is 0.508 e. The number of amides is 1. The number of Topliss-reactive ketones (excluding diaryl/α,β-unsaturated/α-hetero) is 1. The van der Waals surface area contributed by atoms with Gasteiger partial charge in [0, 0.05) is 10.4 Å². The van der Waals surface area contributed by atoms with Gasteiger partial charge in [-0.2, -0.15) is 0 Å². The molecule has 2 aliphatic heterocycles. The summed E-state index contributed by atoms with van der Waals surface area (Å²) in [6.07, 6.45) is 0. The first-order valence-corrected chi connectivity index (χ1v) is 10.9. The van der Waals surface area contributed by atoms with Crippen molar-refractivity contribution in [3.8, 4) is 17.2 Å². The van der Waals surface area contributed by atoms with Gasteiger partial charge in [-0.1, -0.05) is 18.2 Å². The first-order valence-electron chi connectivity index (χ1n) is 10.0. The zero-order chi connectivity index (χ0) is 22.2. The minimum absolute atomic E-state index is 0.00563. The molecule has 0 spiro atoms. The normalized spacial score (nSPS) is 19.4. The molecule has 2 N–H and O–H groups in total. The molecule has 1 amide bonds. The van der Waals surface area contributed by atoms with Gasteiger partial charge in [-0.15, -0.1) is 11.3 Å². The third kappa shape index (κ3) is 3.48. The molecule has 5 rings (SSSR count). The number of hydrogen-bond donors (Lipinski definition) is 2. The molecule has 1 saturated heterocycles. The van der Waals surface area contributed by atoms with Crippen LogP contribution in [-0.4, -0.2) is 40.0 Å². The molecule has 1 fully saturated rings. The van der Waals surface area contributed by atoms with Gasteiger partial charge in [0.2, 0.25) is 0 Å². The van der Waals surface area contributed by atoms with E-state index < -0.39 is 17.7 Å². The highest BCUT2D eigenvalue weighted by Crippen LogP contribution is 2.42. The standard InChI is InChI=1S/C24H19NO6S/c26-16-6-3-14(4-7-16)21-20(23(28)24(29)25(21)13-17-2-1-11-32-17)22(27)15-5-8-18-19(12-15)31-10-9-30-18/h1-8,11-12,21,26-27H,9-10,13H2/b22-20-. The van der Waals surface area contributed by atoms with Crippen molar-refractivity contribution in [1.29, 1.82) is 0 Å². The molecular formula is C24H19NO6S. The average Bonchev–Trinajstić information content (AvgIpc) is 3.41. The molecule has 0 bridgehead atoms. The molecule has 1 atom stereocenters. The Bertz CT molecular complexity index is 1220. The highest BCUT2D eigenvalue weighted by molar-refractivity contribution is 7.09. The summed E-state index contributed by atoms with van der Waals surface area (Å²) < 4.78 is 11.1. The molecule has 162 valence electrons. The van der Waals surface area contributed by atoms with Crippen LogP contribution in [0.2, 0.25) is 0 Å². The zero-order valence-electron chi connectivity index (χ0n) is 16.9. The van der Waals surface area contributed by atoms with E-state index in [0.29, 0.717) is 35.8 Å². The Hall–Kier alpha value is -3.78. The first-order chi connectivity index (χ1) is 15.5. The lowest BCUT2D eigenvalue weighted by Gasteiger charge is -2.25. The Labute approximate surface area is 187 Å². The molecule has 1 unspecified atom stereocenters. The summed E-state index contributed by atoms with van der Waals surface area (Å²) in [5.74, 6) is -0.638. The summed E-state index contributed by atoms with van der Waals surface area (Å²) in [6.45, 7) is 1.05. The van der Waals surface area contributed by atoms with Crippen LogP contribution in [-0.2, 0) is 16.1 Å². The van der Waals surface area contributed by atoms with E-state index in [-0.39, 0.29) is 23.6 Å². The van der Waals surface area contributed by atoms with Gasteiger partial charge in [-0.3, -0.25) is 9.59 Å². The first kappa shape index (κ1) is 20.1. The number of carbonyl (C=O) groups excluding carboxylic acids is 2. The van der Waals surface area contributed by atoms with Crippen LogP contribution in [0.5, 0.6) is 17.2 Å². The van der Waals surface area contributed by atoms with E-state index in [9.17, 15) is 19.8 Å². The number of phenolic OH excluding ortho intramolecular Hbond substituents is 1. The number of aliphatic hydroxyl groups excluding tert-OH is 1. The lowest BCUT2D eigenvalue weighted by Crippen LogP contribution is -2.28. The lowest BCUT2D eigenvalue weighted by molar-refractivity contribution is -0.140. The van der Waals surface area contributed by atoms with Crippen molar-refractivity contribution in [3.63, 3.8) is 0 Å². The highest BCUT2D eigenvalue weighted by atomic mass is 32.1. The molecule has 3 heterocycles. The van der Waals surface area contributed by atoms with E-state index in [0.717, 1.165) is 4.88 Å². The smallest absolute Gasteiger partial charge is 0.295 e. The van der Waals surface area contributed by atoms with Crippen LogP contribution < -0.4 is 9.47 Å². The van der Waals surface area contributed by atoms with Gasteiger partial charge in [-0.05, 0) is 47.3 Å². The predicted octanol–water partition coefficient (Wildman–Crippen LogP) is 3.85. The number of aromatic hydroxyl groups is 1. The minimum atomic E-state index is -0.800. The summed E-state index contributed by atoms with van der Waals surface area (Å²) >= 11 is 1.48. The number of rotatable bonds is 4. The van der Waals surface area contributed by atoms with Gasteiger partial charge in [0.1, 0.15) is 24.7 Å². The summed E-state index contributed by atoms with van der Waals surface area (Å²) in [4.78, 5) is 28.5. The van der Waals surface area contributed by atoms with Crippen molar-refractivity contribution in [2.24, 2.45) is 0 Å². The number of carbonyl (C=O) groups is 2. The summed E-state index contributed by atoms with van der Waals surface area (Å²) in [6, 6.07) is 14.1. The number of benzene rings is 2. The van der Waals surface area contributed by atoms with Crippen molar-refractivity contribution in [3.05, 3.63) is 81.6 Å². The average molecular weight is 449 g/mol. The van der Waals surface area contributed by atoms with Gasteiger partial charge in [-0.25, -0.2) is 0 Å². The third-order valence-electron chi connectivity index (χ3n) is 5.47. The van der Waals surface area contributed by atoms with Crippen LogP contribution in [0.15, 0.2) is 65.6 Å². The van der Waals surface area contributed by atoms with Crippen molar-refractivity contribution in [1.82, 2.24) is 4.90 Å². The summed E-state index contributed by atoms with van der Waals surface area (Å²) in [5, 5.41) is 22.8. The Morgan fingerprint density at radius 3 is 2.50 bits per heavy atom. The second-order valence-electron chi connectivity index (χ2n) is 7.46. The Balaban J connectivity index is 1.63. The molecular weight excluding hydrogens is 430 g/mol. The maximum absolute atomic E-state index is 13.1. The number of phenols is 1. The van der Waals surface area contributed by atoms with E-state index in [1.165, 1.54) is 28.4 Å². The van der Waals surface area contributed by atoms with Crippen LogP contribution in [0.1, 0.15) is 22.0 Å². The van der Waals surface area contributed by atoms with Gasteiger partial charge in [0.15, 0.2) is 11.5 Å². The molecule has 2 aliphatic rings. The van der Waals surface area contributed by atoms with Crippen molar-refractivity contribution in [2.45, 2.75) is 12.6 Å². The Morgan fingerprint density at radius 1 is 1.03 bits per heavy atom. The number of likely N-dealkylation sites (tertiary alicyclic amines) is 1. The number of hydrogen-bond acceptors (Lipinski definition) is 7. The molecule has 1 aromatic heterocycles. The molecule has 7 nitrogen and oxygen atoms in total. The fraction of sp³-hybridized carbons (Fsp3) is 0.167. The molecule has 2 aromatic carbocycles. The molecule has 0 saturated carbocycles. The van der Waals surface area contributed by atoms with Crippen molar-refractivity contribution < 1.29 is 29.3 Å². The second kappa shape index (κ2) is 8.05. The molecule has 0 radical (unpaired) electrons. The number of thiophene rings is 1. The maximum Gasteiger partial charge on any atom is 0.295 e. The van der Waals surface area contributed by atoms with E-state index in [2.05, 4.69) is 0 Å². The lowest BCUT2D eigenvalue weighted by atomic mass is 9.95. The van der Waals surface area contributed by atoms with Gasteiger partial charge in [0.25, 0.3) is 11.7 Å². The van der Waals surface area contributed by atoms with E-state index in [1.54, 1.807) is 30.3 Å². The van der Waals surface area contributed by atoms with Crippen LogP contribution in [0.4, 0.5) is 0 Å². The van der Waals surface area contributed by atoms with E-state index >= 15 is 0 Å². The topological polar surface area (TPSA) is 96.3 Å². The predicted molar refractivity (Wildman–Crippen MR) is 118 cm³/mol.